The van der Waals surface area contributed by atoms with E-state index in [1.165, 1.54) is 0 Å². The Morgan fingerprint density at radius 2 is 1.83 bits per heavy atom. The molecule has 1 aromatic carbocycles. The van der Waals surface area contributed by atoms with Crippen molar-refractivity contribution in [1.29, 1.82) is 0 Å². The summed E-state index contributed by atoms with van der Waals surface area (Å²) in [5, 5.41) is 11.7. The molecule has 0 saturated carbocycles. The zero-order valence-corrected chi connectivity index (χ0v) is 14.2. The number of benzene rings is 1. The van der Waals surface area contributed by atoms with E-state index >= 15 is 0 Å². The highest BCUT2D eigenvalue weighted by molar-refractivity contribution is 7.10. The van der Waals surface area contributed by atoms with Crippen LogP contribution in [0.1, 0.15) is 36.6 Å². The zero-order valence-electron chi connectivity index (χ0n) is 13.4. The number of amides is 2. The minimum absolute atomic E-state index is 0.0534. The first-order valence-corrected chi connectivity index (χ1v) is 8.51. The molecule has 2 heterocycles. The van der Waals surface area contributed by atoms with Gasteiger partial charge in [0.25, 0.3) is 5.89 Å². The van der Waals surface area contributed by atoms with Crippen molar-refractivity contribution in [3.63, 3.8) is 0 Å². The standard InChI is InChI=1S/C17H18N4O2S/c1-11(14-9-6-10-24-14)18-17(22)19-12(2)15-20-16(23-21-15)13-7-4-3-5-8-13/h3-12H,1-2H3,(H2,18,19,22)/t11-,12-/m0/s1. The summed E-state index contributed by atoms with van der Waals surface area (Å²) in [6.45, 7) is 3.76. The third kappa shape index (κ3) is 3.80. The molecule has 0 aliphatic heterocycles. The van der Waals surface area contributed by atoms with Gasteiger partial charge in [-0.2, -0.15) is 4.98 Å². The second-order valence-corrected chi connectivity index (χ2v) is 6.38. The van der Waals surface area contributed by atoms with Gasteiger partial charge in [0, 0.05) is 10.4 Å². The molecule has 0 bridgehead atoms. The quantitative estimate of drug-likeness (QED) is 0.736. The Morgan fingerprint density at radius 3 is 2.54 bits per heavy atom. The maximum Gasteiger partial charge on any atom is 0.315 e. The molecule has 2 atom stereocenters. The first-order valence-electron chi connectivity index (χ1n) is 7.63. The fraction of sp³-hybridized carbons (Fsp3) is 0.235. The van der Waals surface area contributed by atoms with Crippen molar-refractivity contribution in [3.8, 4) is 11.5 Å². The topological polar surface area (TPSA) is 80.0 Å². The van der Waals surface area contributed by atoms with Crippen molar-refractivity contribution in [2.75, 3.05) is 0 Å². The van der Waals surface area contributed by atoms with Crippen LogP contribution in [-0.4, -0.2) is 16.2 Å². The van der Waals surface area contributed by atoms with Crippen molar-refractivity contribution in [2.24, 2.45) is 0 Å². The molecule has 0 aliphatic rings. The SMILES string of the molecule is C[C@H](NC(=O)N[C@@H](C)c1cccs1)c1noc(-c2ccccc2)n1. The van der Waals surface area contributed by atoms with Gasteiger partial charge >= 0.3 is 6.03 Å². The van der Waals surface area contributed by atoms with Crippen LogP contribution in [0.15, 0.2) is 52.4 Å². The number of nitrogens with one attached hydrogen (secondary N) is 2. The van der Waals surface area contributed by atoms with Crippen LogP contribution < -0.4 is 10.6 Å². The third-order valence-corrected chi connectivity index (χ3v) is 4.57. The maximum absolute atomic E-state index is 12.1. The van der Waals surface area contributed by atoms with Crippen LogP contribution in [0.5, 0.6) is 0 Å². The minimum Gasteiger partial charge on any atom is -0.334 e. The molecular weight excluding hydrogens is 324 g/mol. The molecule has 124 valence electrons. The average Bonchev–Trinajstić information content (AvgIpc) is 3.27. The molecule has 0 fully saturated rings. The lowest BCUT2D eigenvalue weighted by atomic mass is 10.2. The maximum atomic E-state index is 12.1. The summed E-state index contributed by atoms with van der Waals surface area (Å²) in [4.78, 5) is 17.6. The Bertz CT molecular complexity index is 786. The van der Waals surface area contributed by atoms with Crippen LogP contribution in [-0.2, 0) is 0 Å². The molecule has 24 heavy (non-hydrogen) atoms. The van der Waals surface area contributed by atoms with Crippen molar-refractivity contribution in [2.45, 2.75) is 25.9 Å². The van der Waals surface area contributed by atoms with Crippen LogP contribution in [0.3, 0.4) is 0 Å². The molecule has 2 amide bonds. The molecule has 2 N–H and O–H groups in total. The fourth-order valence-corrected chi connectivity index (χ4v) is 2.95. The van der Waals surface area contributed by atoms with E-state index in [0.717, 1.165) is 10.4 Å². The van der Waals surface area contributed by atoms with Gasteiger partial charge in [0.05, 0.1) is 12.1 Å². The molecule has 3 aromatic rings. The van der Waals surface area contributed by atoms with Gasteiger partial charge in [0.1, 0.15) is 0 Å². The van der Waals surface area contributed by atoms with Crippen LogP contribution in [0, 0.1) is 0 Å². The van der Waals surface area contributed by atoms with E-state index in [4.69, 9.17) is 4.52 Å². The van der Waals surface area contributed by atoms with Gasteiger partial charge < -0.3 is 15.2 Å². The Morgan fingerprint density at radius 1 is 1.08 bits per heavy atom. The first kappa shape index (κ1) is 16.2. The van der Waals surface area contributed by atoms with Crippen LogP contribution in [0.2, 0.25) is 0 Å². The minimum atomic E-state index is -0.359. The lowest BCUT2D eigenvalue weighted by Gasteiger charge is -2.15. The number of hydrogen-bond donors (Lipinski definition) is 2. The summed E-state index contributed by atoms with van der Waals surface area (Å²) in [5.41, 5.74) is 0.846. The van der Waals surface area contributed by atoms with E-state index in [-0.39, 0.29) is 18.1 Å². The van der Waals surface area contributed by atoms with Gasteiger partial charge in [0.15, 0.2) is 5.82 Å². The van der Waals surface area contributed by atoms with Gasteiger partial charge in [0.2, 0.25) is 0 Å². The Labute approximate surface area is 143 Å². The smallest absolute Gasteiger partial charge is 0.315 e. The first-order chi connectivity index (χ1) is 11.6. The normalized spacial score (nSPS) is 13.2. The van der Waals surface area contributed by atoms with E-state index in [1.54, 1.807) is 11.3 Å². The van der Waals surface area contributed by atoms with Crippen LogP contribution in [0.25, 0.3) is 11.5 Å². The van der Waals surface area contributed by atoms with Crippen LogP contribution >= 0.6 is 11.3 Å². The highest BCUT2D eigenvalue weighted by atomic mass is 32.1. The van der Waals surface area contributed by atoms with E-state index in [9.17, 15) is 4.79 Å². The molecule has 6 nitrogen and oxygen atoms in total. The summed E-state index contributed by atoms with van der Waals surface area (Å²) in [7, 11) is 0. The predicted molar refractivity (Wildman–Crippen MR) is 92.6 cm³/mol. The average molecular weight is 342 g/mol. The highest BCUT2D eigenvalue weighted by Gasteiger charge is 2.18. The predicted octanol–water partition coefficient (Wildman–Crippen LogP) is 3.92. The fourth-order valence-electron chi connectivity index (χ4n) is 2.22. The second-order valence-electron chi connectivity index (χ2n) is 5.40. The van der Waals surface area contributed by atoms with Gasteiger partial charge in [-0.3, -0.25) is 0 Å². The Kier molecular flexibility index (Phi) is 4.90. The second kappa shape index (κ2) is 7.27. The van der Waals surface area contributed by atoms with Crippen molar-refractivity contribution >= 4 is 17.4 Å². The summed E-state index contributed by atoms with van der Waals surface area (Å²) < 4.78 is 5.26. The van der Waals surface area contributed by atoms with Crippen LogP contribution in [0.4, 0.5) is 4.79 Å². The molecular formula is C17H18N4O2S. The number of rotatable bonds is 5. The van der Waals surface area contributed by atoms with Crippen molar-refractivity contribution in [1.82, 2.24) is 20.8 Å². The molecule has 0 spiro atoms. The lowest BCUT2D eigenvalue weighted by Crippen LogP contribution is -2.38. The molecule has 0 saturated heterocycles. The summed E-state index contributed by atoms with van der Waals surface area (Å²) in [5.74, 6) is 0.874. The van der Waals surface area contributed by atoms with E-state index in [2.05, 4.69) is 20.8 Å². The van der Waals surface area contributed by atoms with Gasteiger partial charge in [-0.1, -0.05) is 29.4 Å². The number of carbonyl (C=O) groups is 1. The number of thiophene rings is 1. The summed E-state index contributed by atoms with van der Waals surface area (Å²) >= 11 is 1.61. The highest BCUT2D eigenvalue weighted by Crippen LogP contribution is 2.20. The number of urea groups is 1. The Balaban J connectivity index is 1.60. The van der Waals surface area contributed by atoms with Gasteiger partial charge in [-0.25, -0.2) is 4.79 Å². The summed E-state index contributed by atoms with van der Waals surface area (Å²) in [6, 6.07) is 12.8. The molecule has 3 rings (SSSR count). The molecule has 2 aromatic heterocycles. The summed E-state index contributed by atoms with van der Waals surface area (Å²) in [6.07, 6.45) is 0. The number of aromatic nitrogens is 2. The molecule has 0 radical (unpaired) electrons. The number of nitrogens with zero attached hydrogens (tertiary/aromatic N) is 2. The van der Waals surface area contributed by atoms with E-state index in [1.807, 2.05) is 61.7 Å². The third-order valence-electron chi connectivity index (χ3n) is 3.51. The van der Waals surface area contributed by atoms with Crippen molar-refractivity contribution in [3.05, 3.63) is 58.5 Å². The molecule has 7 heteroatoms. The van der Waals surface area contributed by atoms with Gasteiger partial charge in [-0.05, 0) is 37.4 Å². The number of hydrogen-bond acceptors (Lipinski definition) is 5. The zero-order chi connectivity index (χ0) is 16.9. The lowest BCUT2D eigenvalue weighted by molar-refractivity contribution is 0.234. The largest absolute Gasteiger partial charge is 0.334 e. The molecule has 0 unspecified atom stereocenters. The number of carbonyl (C=O) groups excluding carboxylic acids is 1. The Hall–Kier alpha value is -2.67. The molecule has 0 aliphatic carbocycles. The monoisotopic (exact) mass is 342 g/mol. The van der Waals surface area contributed by atoms with E-state index < -0.39 is 0 Å². The van der Waals surface area contributed by atoms with E-state index in [0.29, 0.717) is 11.7 Å². The van der Waals surface area contributed by atoms with Crippen molar-refractivity contribution < 1.29 is 9.32 Å². The van der Waals surface area contributed by atoms with Gasteiger partial charge in [-0.15, -0.1) is 11.3 Å².